The van der Waals surface area contributed by atoms with Gasteiger partial charge < -0.3 is 4.74 Å². The summed E-state index contributed by atoms with van der Waals surface area (Å²) in [5.74, 6) is -0.410. The number of rotatable bonds is 7. The Hall–Kier alpha value is -1.43. The van der Waals surface area contributed by atoms with Crippen LogP contribution in [0.1, 0.15) is 66.5 Å². The predicted molar refractivity (Wildman–Crippen MR) is 117 cm³/mol. The Kier molecular flexibility index (Phi) is 7.13. The molecule has 0 N–H and O–H groups in total. The Morgan fingerprint density at radius 1 is 1.36 bits per heavy atom. The molecule has 0 aliphatic carbocycles. The molecule has 1 aromatic heterocycles. The molecule has 0 bridgehead atoms. The van der Waals surface area contributed by atoms with Crippen LogP contribution in [0.15, 0.2) is 29.2 Å². The molecule has 0 fully saturated rings. The molecule has 0 amide bonds. The van der Waals surface area contributed by atoms with Gasteiger partial charge in [0.2, 0.25) is 0 Å². The third kappa shape index (κ3) is 4.42. The summed E-state index contributed by atoms with van der Waals surface area (Å²) in [6, 6.07) is 5.30. The molecule has 3 rings (SSSR count). The van der Waals surface area contributed by atoms with Crippen molar-refractivity contribution >= 4 is 40.9 Å². The van der Waals surface area contributed by atoms with Crippen molar-refractivity contribution in [3.05, 3.63) is 56.2 Å². The highest BCUT2D eigenvalue weighted by atomic mass is 35.5. The van der Waals surface area contributed by atoms with E-state index in [1.165, 1.54) is 17.7 Å². The van der Waals surface area contributed by atoms with Crippen molar-refractivity contribution in [2.45, 2.75) is 51.7 Å². The van der Waals surface area contributed by atoms with Gasteiger partial charge in [0.05, 0.1) is 28.3 Å². The Labute approximate surface area is 180 Å². The lowest BCUT2D eigenvalue weighted by atomic mass is 10.1. The fourth-order valence-corrected chi connectivity index (χ4v) is 5.20. The standard InChI is InChI=1S/C21H24Cl2N2O2S/c1-4-6-7-15-9-11-18(28-15)20-13(3)19(21(26)27-5-2)24-25(20)17-10-8-14(22)12-16(17)23/h8-10,12,18H,4-7,11H2,1-3H3. The first-order valence-electron chi connectivity index (χ1n) is 9.54. The summed E-state index contributed by atoms with van der Waals surface area (Å²) < 4.78 is 7.00. The van der Waals surface area contributed by atoms with Crippen LogP contribution in [0.2, 0.25) is 10.0 Å². The van der Waals surface area contributed by atoms with E-state index in [0.717, 1.165) is 24.1 Å². The maximum absolute atomic E-state index is 12.5. The lowest BCUT2D eigenvalue weighted by Crippen LogP contribution is -2.08. The van der Waals surface area contributed by atoms with Gasteiger partial charge in [0, 0.05) is 10.6 Å². The smallest absolute Gasteiger partial charge is 0.359 e. The third-order valence-electron chi connectivity index (χ3n) is 4.71. The number of allylic oxidation sites excluding steroid dienone is 2. The zero-order chi connectivity index (χ0) is 20.3. The average molecular weight is 439 g/mol. The van der Waals surface area contributed by atoms with Crippen LogP contribution in [-0.4, -0.2) is 22.4 Å². The minimum absolute atomic E-state index is 0.189. The molecule has 0 saturated heterocycles. The van der Waals surface area contributed by atoms with E-state index >= 15 is 0 Å². The quantitative estimate of drug-likeness (QED) is 0.440. The number of carbonyl (C=O) groups excluding carboxylic acids is 1. The number of hydrogen-bond acceptors (Lipinski definition) is 4. The third-order valence-corrected chi connectivity index (χ3v) is 6.62. The number of ether oxygens (including phenoxy) is 1. The van der Waals surface area contributed by atoms with Crippen LogP contribution in [0.25, 0.3) is 5.69 Å². The SMILES string of the molecule is CCCCC1=CCC(c2c(C)c(C(=O)OCC)nn2-c2ccc(Cl)cc2Cl)S1. The summed E-state index contributed by atoms with van der Waals surface area (Å²) in [7, 11) is 0. The van der Waals surface area contributed by atoms with Gasteiger partial charge >= 0.3 is 5.97 Å². The van der Waals surface area contributed by atoms with Gasteiger partial charge in [0.25, 0.3) is 0 Å². The molecule has 0 saturated carbocycles. The average Bonchev–Trinajstić information content (AvgIpc) is 3.24. The van der Waals surface area contributed by atoms with Crippen molar-refractivity contribution in [1.82, 2.24) is 9.78 Å². The number of benzene rings is 1. The number of thioether (sulfide) groups is 1. The number of unbranched alkanes of at least 4 members (excludes halogenated alkanes) is 1. The molecular formula is C21H24Cl2N2O2S. The second-order valence-electron chi connectivity index (χ2n) is 6.70. The van der Waals surface area contributed by atoms with Crippen molar-refractivity contribution < 1.29 is 9.53 Å². The number of aromatic nitrogens is 2. The summed E-state index contributed by atoms with van der Waals surface area (Å²) in [5, 5.41) is 5.84. The number of esters is 1. The molecule has 2 heterocycles. The minimum Gasteiger partial charge on any atom is -0.461 e. The topological polar surface area (TPSA) is 44.1 Å². The Bertz CT molecular complexity index is 908. The summed E-state index contributed by atoms with van der Waals surface area (Å²) in [4.78, 5) is 13.9. The van der Waals surface area contributed by atoms with Gasteiger partial charge in [-0.05, 0) is 56.2 Å². The second kappa shape index (κ2) is 9.38. The number of carbonyl (C=O) groups is 1. The van der Waals surface area contributed by atoms with Gasteiger partial charge in [-0.1, -0.05) is 42.6 Å². The zero-order valence-electron chi connectivity index (χ0n) is 16.3. The molecule has 0 spiro atoms. The van der Waals surface area contributed by atoms with Gasteiger partial charge in [-0.2, -0.15) is 5.10 Å². The molecule has 7 heteroatoms. The lowest BCUT2D eigenvalue weighted by Gasteiger charge is -2.16. The Balaban J connectivity index is 2.03. The largest absolute Gasteiger partial charge is 0.461 e. The minimum atomic E-state index is -0.410. The summed E-state index contributed by atoms with van der Waals surface area (Å²) in [5.41, 5.74) is 2.87. The van der Waals surface area contributed by atoms with E-state index in [9.17, 15) is 4.79 Å². The summed E-state index contributed by atoms with van der Waals surface area (Å²) >= 11 is 14.4. The van der Waals surface area contributed by atoms with Crippen molar-refractivity contribution in [3.8, 4) is 5.69 Å². The first kappa shape index (κ1) is 21.3. The van der Waals surface area contributed by atoms with Gasteiger partial charge in [-0.15, -0.1) is 11.8 Å². The van der Waals surface area contributed by atoms with E-state index in [1.54, 1.807) is 23.7 Å². The van der Waals surface area contributed by atoms with E-state index in [1.807, 2.05) is 24.8 Å². The van der Waals surface area contributed by atoms with E-state index in [0.29, 0.717) is 28.0 Å². The highest BCUT2D eigenvalue weighted by Crippen LogP contribution is 2.47. The number of halogens is 2. The molecule has 1 unspecified atom stereocenters. The number of hydrogen-bond donors (Lipinski definition) is 0. The van der Waals surface area contributed by atoms with Gasteiger partial charge in [-0.3, -0.25) is 0 Å². The van der Waals surface area contributed by atoms with Crippen molar-refractivity contribution in [2.75, 3.05) is 6.61 Å². The maximum atomic E-state index is 12.5. The molecule has 28 heavy (non-hydrogen) atoms. The molecule has 150 valence electrons. The first-order chi connectivity index (χ1) is 13.5. The van der Waals surface area contributed by atoms with Gasteiger partial charge in [0.15, 0.2) is 5.69 Å². The first-order valence-corrected chi connectivity index (χ1v) is 11.2. The molecule has 1 aromatic carbocycles. The predicted octanol–water partition coefficient (Wildman–Crippen LogP) is 6.92. The van der Waals surface area contributed by atoms with Crippen molar-refractivity contribution in [3.63, 3.8) is 0 Å². The maximum Gasteiger partial charge on any atom is 0.359 e. The van der Waals surface area contributed by atoms with Crippen LogP contribution in [0, 0.1) is 6.92 Å². The van der Waals surface area contributed by atoms with Gasteiger partial charge in [0.1, 0.15) is 0 Å². The molecule has 2 aromatic rings. The monoisotopic (exact) mass is 438 g/mol. The Morgan fingerprint density at radius 3 is 2.82 bits per heavy atom. The van der Waals surface area contributed by atoms with Crippen molar-refractivity contribution in [1.29, 1.82) is 0 Å². The normalized spacial score (nSPS) is 16.3. The molecule has 4 nitrogen and oxygen atoms in total. The van der Waals surface area contributed by atoms with Crippen LogP contribution >= 0.6 is 35.0 Å². The molecule has 1 atom stereocenters. The highest BCUT2D eigenvalue weighted by molar-refractivity contribution is 8.03. The second-order valence-corrected chi connectivity index (χ2v) is 8.88. The zero-order valence-corrected chi connectivity index (χ0v) is 18.6. The van der Waals surface area contributed by atoms with Crippen molar-refractivity contribution in [2.24, 2.45) is 0 Å². The van der Waals surface area contributed by atoms with Crippen LogP contribution in [0.3, 0.4) is 0 Å². The van der Waals surface area contributed by atoms with E-state index in [4.69, 9.17) is 27.9 Å². The van der Waals surface area contributed by atoms with E-state index in [-0.39, 0.29) is 5.25 Å². The number of nitrogens with zero attached hydrogens (tertiary/aromatic N) is 2. The fourth-order valence-electron chi connectivity index (χ4n) is 3.31. The fraction of sp³-hybridized carbons (Fsp3) is 0.429. The lowest BCUT2D eigenvalue weighted by molar-refractivity contribution is 0.0518. The summed E-state index contributed by atoms with van der Waals surface area (Å²) in [6.45, 7) is 6.23. The van der Waals surface area contributed by atoms with E-state index < -0.39 is 5.97 Å². The van der Waals surface area contributed by atoms with Crippen LogP contribution in [0.4, 0.5) is 0 Å². The molecule has 1 aliphatic rings. The van der Waals surface area contributed by atoms with Crippen LogP contribution in [-0.2, 0) is 4.74 Å². The Morgan fingerprint density at radius 2 is 2.14 bits per heavy atom. The molecule has 1 aliphatic heterocycles. The van der Waals surface area contributed by atoms with Crippen LogP contribution < -0.4 is 0 Å². The van der Waals surface area contributed by atoms with Gasteiger partial charge in [-0.25, -0.2) is 9.48 Å². The molecule has 0 radical (unpaired) electrons. The molecular weight excluding hydrogens is 415 g/mol. The van der Waals surface area contributed by atoms with E-state index in [2.05, 4.69) is 18.1 Å². The highest BCUT2D eigenvalue weighted by Gasteiger charge is 2.30. The van der Waals surface area contributed by atoms with Crippen LogP contribution in [0.5, 0.6) is 0 Å². The summed E-state index contributed by atoms with van der Waals surface area (Å²) in [6.07, 6.45) is 6.66.